The molecule has 1 rings (SSSR count). The van der Waals surface area contributed by atoms with E-state index in [-0.39, 0.29) is 24.3 Å². The molecule has 5 nitrogen and oxygen atoms in total. The van der Waals surface area contributed by atoms with Crippen molar-refractivity contribution in [2.24, 2.45) is 0 Å². The van der Waals surface area contributed by atoms with Gasteiger partial charge < -0.3 is 20.5 Å². The van der Waals surface area contributed by atoms with Gasteiger partial charge >= 0.3 is 6.03 Å². The Morgan fingerprint density at radius 3 is 2.68 bits per heavy atom. The van der Waals surface area contributed by atoms with Crippen molar-refractivity contribution in [3.8, 4) is 5.75 Å². The molecule has 0 aromatic heterocycles. The molecule has 0 heterocycles. The fourth-order valence-corrected chi connectivity index (χ4v) is 2.08. The summed E-state index contributed by atoms with van der Waals surface area (Å²) in [5, 5.41) is 14.8. The summed E-state index contributed by atoms with van der Waals surface area (Å²) in [5.41, 5.74) is 0.680. The number of rotatable bonds is 8. The monoisotopic (exact) mass is 308 g/mol. The number of hydrogen-bond acceptors (Lipinski definition) is 3. The van der Waals surface area contributed by atoms with Crippen LogP contribution in [0.3, 0.4) is 0 Å². The molecule has 2 atom stereocenters. The van der Waals surface area contributed by atoms with Gasteiger partial charge in [0.15, 0.2) is 0 Å². The number of nitrogens with one attached hydrogen (secondary N) is 2. The summed E-state index contributed by atoms with van der Waals surface area (Å²) in [6.45, 7) is 8.29. The van der Waals surface area contributed by atoms with Crippen molar-refractivity contribution in [1.29, 1.82) is 0 Å². The summed E-state index contributed by atoms with van der Waals surface area (Å²) in [4.78, 5) is 12.0. The van der Waals surface area contributed by atoms with Crippen molar-refractivity contribution in [1.82, 2.24) is 10.6 Å². The van der Waals surface area contributed by atoms with Gasteiger partial charge in [0.1, 0.15) is 11.9 Å². The highest BCUT2D eigenvalue weighted by Crippen LogP contribution is 2.17. The minimum Gasteiger partial charge on any atom is -0.489 e. The molecule has 0 spiro atoms. The lowest BCUT2D eigenvalue weighted by Gasteiger charge is -2.29. The van der Waals surface area contributed by atoms with E-state index in [1.165, 1.54) is 0 Å². The predicted octanol–water partition coefficient (Wildman–Crippen LogP) is 2.61. The predicted molar refractivity (Wildman–Crippen MR) is 88.2 cm³/mol. The van der Waals surface area contributed by atoms with Crippen LogP contribution in [0.25, 0.3) is 0 Å². The first-order valence-corrected chi connectivity index (χ1v) is 7.79. The summed E-state index contributed by atoms with van der Waals surface area (Å²) in [6, 6.07) is 7.56. The Labute approximate surface area is 133 Å². The first kappa shape index (κ1) is 18.3. The van der Waals surface area contributed by atoms with Crippen molar-refractivity contribution in [3.05, 3.63) is 29.8 Å². The second-order valence-electron chi connectivity index (χ2n) is 5.92. The lowest BCUT2D eigenvalue weighted by Crippen LogP contribution is -2.51. The molecule has 0 saturated carbocycles. The molecule has 0 bridgehead atoms. The molecule has 22 heavy (non-hydrogen) atoms. The second kappa shape index (κ2) is 8.63. The molecule has 1 aromatic rings. The number of para-hydroxylation sites is 1. The largest absolute Gasteiger partial charge is 0.489 e. The molecule has 0 saturated heterocycles. The van der Waals surface area contributed by atoms with Gasteiger partial charge in [-0.15, -0.1) is 0 Å². The van der Waals surface area contributed by atoms with Crippen LogP contribution < -0.4 is 15.4 Å². The van der Waals surface area contributed by atoms with Crippen LogP contribution in [-0.4, -0.2) is 35.9 Å². The van der Waals surface area contributed by atoms with Crippen LogP contribution in [0.15, 0.2) is 24.3 Å². The first-order chi connectivity index (χ1) is 10.4. The molecule has 0 aliphatic carbocycles. The quantitative estimate of drug-likeness (QED) is 0.691. The van der Waals surface area contributed by atoms with Crippen LogP contribution >= 0.6 is 0 Å². The van der Waals surface area contributed by atoms with E-state index >= 15 is 0 Å². The molecule has 3 N–H and O–H groups in total. The maximum absolute atomic E-state index is 12.0. The Hall–Kier alpha value is -1.75. The van der Waals surface area contributed by atoms with Crippen molar-refractivity contribution in [3.63, 3.8) is 0 Å². The van der Waals surface area contributed by atoms with Gasteiger partial charge in [0, 0.05) is 12.1 Å². The molecule has 5 heteroatoms. The van der Waals surface area contributed by atoms with Gasteiger partial charge in [-0.2, -0.15) is 0 Å². The summed E-state index contributed by atoms with van der Waals surface area (Å²) < 4.78 is 5.82. The summed E-state index contributed by atoms with van der Waals surface area (Å²) >= 11 is 0. The zero-order valence-corrected chi connectivity index (χ0v) is 14.0. The summed E-state index contributed by atoms with van der Waals surface area (Å²) in [6.07, 6.45) is 1.17. The fraction of sp³-hybridized carbons (Fsp3) is 0.588. The molecule has 2 amide bonds. The molecule has 0 aliphatic heterocycles. The van der Waals surface area contributed by atoms with E-state index in [0.29, 0.717) is 13.0 Å². The normalized spacial score (nSPS) is 14.8. The van der Waals surface area contributed by atoms with E-state index in [1.807, 2.05) is 52.0 Å². The molecular weight excluding hydrogens is 280 g/mol. The highest BCUT2D eigenvalue weighted by Gasteiger charge is 2.23. The van der Waals surface area contributed by atoms with E-state index in [9.17, 15) is 4.79 Å². The fourth-order valence-electron chi connectivity index (χ4n) is 2.08. The van der Waals surface area contributed by atoms with Gasteiger partial charge in [0.25, 0.3) is 0 Å². The van der Waals surface area contributed by atoms with E-state index < -0.39 is 0 Å². The van der Waals surface area contributed by atoms with Crippen molar-refractivity contribution < 1.29 is 14.6 Å². The van der Waals surface area contributed by atoms with Crippen LogP contribution in [0.1, 0.15) is 39.2 Å². The topological polar surface area (TPSA) is 70.6 Å². The Morgan fingerprint density at radius 1 is 1.41 bits per heavy atom. The number of amides is 2. The highest BCUT2D eigenvalue weighted by atomic mass is 16.5. The molecule has 0 aliphatic rings. The number of aryl methyl sites for hydroxylation is 1. The molecule has 124 valence electrons. The minimum atomic E-state index is -0.390. The summed E-state index contributed by atoms with van der Waals surface area (Å²) in [5.74, 6) is 0.830. The Morgan fingerprint density at radius 2 is 2.09 bits per heavy atom. The van der Waals surface area contributed by atoms with Crippen molar-refractivity contribution in [2.45, 2.75) is 52.2 Å². The third kappa shape index (κ3) is 5.93. The number of aliphatic hydroxyl groups is 1. The van der Waals surface area contributed by atoms with Gasteiger partial charge in [-0.1, -0.05) is 25.1 Å². The average molecular weight is 308 g/mol. The van der Waals surface area contributed by atoms with E-state index in [1.54, 1.807) is 0 Å². The Balaban J connectivity index is 2.42. The van der Waals surface area contributed by atoms with Gasteiger partial charge in [-0.05, 0) is 45.2 Å². The Kier molecular flexibility index (Phi) is 7.18. The number of hydrogen-bond donors (Lipinski definition) is 3. The number of carbonyl (C=O) groups excluding carboxylic acids is 1. The maximum Gasteiger partial charge on any atom is 0.315 e. The van der Waals surface area contributed by atoms with Gasteiger partial charge in [0.05, 0.1) is 6.54 Å². The molecule has 0 fully saturated rings. The lowest BCUT2D eigenvalue weighted by atomic mass is 9.95. The number of benzene rings is 1. The number of ether oxygens (including phenoxy) is 1. The maximum atomic E-state index is 12.0. The van der Waals surface area contributed by atoms with Gasteiger partial charge in [-0.25, -0.2) is 4.79 Å². The van der Waals surface area contributed by atoms with E-state index in [0.717, 1.165) is 17.7 Å². The van der Waals surface area contributed by atoms with Crippen LogP contribution in [0.5, 0.6) is 5.75 Å². The van der Waals surface area contributed by atoms with Crippen LogP contribution in [0.4, 0.5) is 4.79 Å². The SMILES string of the molecule is CCC(C)(CCO)NC(=O)NCC(C)Oc1ccccc1C. The number of urea groups is 1. The lowest BCUT2D eigenvalue weighted by molar-refractivity contribution is 0.189. The molecule has 0 radical (unpaired) electrons. The summed E-state index contributed by atoms with van der Waals surface area (Å²) in [7, 11) is 0. The molecular formula is C17H28N2O3. The smallest absolute Gasteiger partial charge is 0.315 e. The number of aliphatic hydroxyl groups excluding tert-OH is 1. The minimum absolute atomic E-state index is 0.0530. The third-order valence-electron chi connectivity index (χ3n) is 3.83. The van der Waals surface area contributed by atoms with Crippen LogP contribution in [-0.2, 0) is 0 Å². The zero-order chi connectivity index (χ0) is 16.6. The van der Waals surface area contributed by atoms with Crippen molar-refractivity contribution in [2.75, 3.05) is 13.2 Å². The Bertz CT molecular complexity index is 479. The second-order valence-corrected chi connectivity index (χ2v) is 5.92. The number of carbonyl (C=O) groups is 1. The van der Waals surface area contributed by atoms with Crippen molar-refractivity contribution >= 4 is 6.03 Å². The molecule has 1 aromatic carbocycles. The van der Waals surface area contributed by atoms with Gasteiger partial charge in [-0.3, -0.25) is 0 Å². The van der Waals surface area contributed by atoms with E-state index in [2.05, 4.69) is 10.6 Å². The van der Waals surface area contributed by atoms with E-state index in [4.69, 9.17) is 9.84 Å². The van der Waals surface area contributed by atoms with Crippen LogP contribution in [0, 0.1) is 6.92 Å². The van der Waals surface area contributed by atoms with Crippen LogP contribution in [0.2, 0.25) is 0 Å². The standard InChI is InChI=1S/C17H28N2O3/c1-5-17(4,10-11-20)19-16(21)18-12-14(3)22-15-9-7-6-8-13(15)2/h6-9,14,20H,5,10-12H2,1-4H3,(H2,18,19,21). The first-order valence-electron chi connectivity index (χ1n) is 7.79. The molecule has 2 unspecified atom stereocenters. The highest BCUT2D eigenvalue weighted by molar-refractivity contribution is 5.74. The average Bonchev–Trinajstić information content (AvgIpc) is 2.48. The van der Waals surface area contributed by atoms with Gasteiger partial charge in [0.2, 0.25) is 0 Å². The third-order valence-corrected chi connectivity index (χ3v) is 3.83. The zero-order valence-electron chi connectivity index (χ0n) is 14.0.